The third-order valence-electron chi connectivity index (χ3n) is 13.4. The predicted molar refractivity (Wildman–Crippen MR) is 314 cm³/mol. The van der Waals surface area contributed by atoms with Crippen molar-refractivity contribution < 1.29 is 85.8 Å². The molecule has 470 valence electrons. The lowest BCUT2D eigenvalue weighted by molar-refractivity contribution is -0.312. The fourth-order valence-electron chi connectivity index (χ4n) is 8.52. The maximum atomic E-state index is 13.5. The number of hydrogen-bond donors (Lipinski definition) is 0. The molecule has 0 aromatic carbocycles. The Morgan fingerprint density at radius 2 is 0.747 bits per heavy atom. The largest absolute Gasteiger partial charge is 0.463 e. The zero-order valence-electron chi connectivity index (χ0n) is 51.2. The summed E-state index contributed by atoms with van der Waals surface area (Å²) in [6.07, 6.45) is 27.4. The van der Waals surface area contributed by atoms with Gasteiger partial charge in [-0.15, -0.1) is 0 Å². The van der Waals surface area contributed by atoms with Gasteiger partial charge in [-0.3, -0.25) is 28.8 Å². The number of carbonyl (C=O) groups excluding carboxylic acids is 10. The van der Waals surface area contributed by atoms with Crippen molar-refractivity contribution in [3.8, 4) is 0 Å². The Bertz CT molecular complexity index is 2020. The smallest absolute Gasteiger partial charge is 0.306 e. The van der Waals surface area contributed by atoms with Crippen LogP contribution in [0.2, 0.25) is 0 Å². The lowest BCUT2D eigenvalue weighted by atomic mass is 9.97. The second-order valence-corrected chi connectivity index (χ2v) is 21.5. The summed E-state index contributed by atoms with van der Waals surface area (Å²) >= 11 is 0. The molecule has 0 bridgehead atoms. The zero-order chi connectivity index (χ0) is 61.3. The molecule has 1 aliphatic rings. The monoisotopic (exact) mass is 1170 g/mol. The second kappa shape index (κ2) is 49.8. The van der Waals surface area contributed by atoms with E-state index in [1.54, 1.807) is 0 Å². The van der Waals surface area contributed by atoms with E-state index in [9.17, 15) is 47.9 Å². The maximum Gasteiger partial charge on any atom is 0.306 e. The van der Waals surface area contributed by atoms with Gasteiger partial charge < -0.3 is 57.1 Å². The van der Waals surface area contributed by atoms with Crippen LogP contribution in [-0.2, 0) is 85.8 Å². The highest BCUT2D eigenvalue weighted by Crippen LogP contribution is 2.31. The zero-order valence-corrected chi connectivity index (χ0v) is 51.2. The van der Waals surface area contributed by atoms with E-state index >= 15 is 0 Å². The molecule has 18 heteroatoms. The van der Waals surface area contributed by atoms with Gasteiger partial charge in [0.2, 0.25) is 0 Å². The van der Waals surface area contributed by atoms with E-state index in [2.05, 4.69) is 62.5 Å². The topological polar surface area (TPSA) is 245 Å². The molecule has 0 N–H and O–H groups in total. The average molecular weight is 1170 g/mol. The van der Waals surface area contributed by atoms with Gasteiger partial charge in [-0.25, -0.2) is 0 Å². The molecule has 1 heterocycles. The number of esters is 6. The Morgan fingerprint density at radius 3 is 1.19 bits per heavy atom. The number of ether oxygens (including phenoxy) is 8. The first kappa shape index (κ1) is 75.4. The quantitative estimate of drug-likeness (QED) is 0.0238. The van der Waals surface area contributed by atoms with Crippen LogP contribution >= 0.6 is 0 Å². The van der Waals surface area contributed by atoms with Crippen molar-refractivity contribution in [1.82, 2.24) is 0 Å². The Hall–Kier alpha value is -5.62. The van der Waals surface area contributed by atoms with Gasteiger partial charge in [0.05, 0.1) is 32.3 Å². The SMILES string of the molecule is CCCCC/C=C/C/C=C/CCCCCCCC(=O)OCC(CO[C@@H]1O[C@H](COC(=O)CCC(C)=O)[C@H](OC(=O)CCC(C)=O)[C@H](OC(=O)CCC(C)=O)[C@H]1OC(=O)CCC(C)=O)OC(=O)CCCCCCC/C=C/C/C=C/CCCCC. The van der Waals surface area contributed by atoms with Gasteiger partial charge in [-0.1, -0.05) is 127 Å². The summed E-state index contributed by atoms with van der Waals surface area (Å²) in [6, 6.07) is 0. The van der Waals surface area contributed by atoms with Crippen molar-refractivity contribution in [2.24, 2.45) is 0 Å². The number of unbranched alkanes of at least 4 members (excludes halogenated alkanes) is 16. The standard InChI is InChI=1S/C65H102O18/c1-7-9-11-13-15-17-19-21-23-25-27-29-31-33-35-37-56(70)76-47-54(79-58(72)38-36-34-32-30-28-26-24-22-20-18-16-14-12-10-8-2)48-78-65-64(83-61(75)46-42-53(6)69)63(82-60(74)45-41-52(5)68)62(81-59(73)44-40-51(4)67)55(80-65)49-77-57(71)43-39-50(3)66/h15-18,21-24,54-55,62-65H,7-14,19-20,25-49H2,1-6H3/b17-15+,18-16+,23-21+,24-22+/t54?,55-,62+,63+,64-,65-/m1/s1. The van der Waals surface area contributed by atoms with Crippen molar-refractivity contribution in [1.29, 1.82) is 0 Å². The Labute approximate surface area is 495 Å². The Kier molecular flexibility index (Phi) is 45.2. The van der Waals surface area contributed by atoms with Gasteiger partial charge in [-0.05, 0) is 105 Å². The molecule has 0 aliphatic carbocycles. The normalized spacial score (nSPS) is 17.4. The Balaban J connectivity index is 3.38. The fourth-order valence-corrected chi connectivity index (χ4v) is 8.52. The van der Waals surface area contributed by atoms with E-state index in [0.29, 0.717) is 12.8 Å². The van der Waals surface area contributed by atoms with Crippen LogP contribution in [0.4, 0.5) is 0 Å². The van der Waals surface area contributed by atoms with Crippen LogP contribution in [-0.4, -0.2) is 116 Å². The molecule has 18 nitrogen and oxygen atoms in total. The van der Waals surface area contributed by atoms with Crippen molar-refractivity contribution in [3.63, 3.8) is 0 Å². The van der Waals surface area contributed by atoms with Crippen LogP contribution in [0.5, 0.6) is 0 Å². The molecule has 1 rings (SSSR count). The summed E-state index contributed by atoms with van der Waals surface area (Å²) in [7, 11) is 0. The minimum atomic E-state index is -1.80. The number of ketones is 4. The first-order valence-electron chi connectivity index (χ1n) is 30.9. The fraction of sp³-hybridized carbons (Fsp3) is 0.723. The van der Waals surface area contributed by atoms with Crippen LogP contribution in [0.1, 0.15) is 247 Å². The Morgan fingerprint density at radius 1 is 0.373 bits per heavy atom. The molecule has 83 heavy (non-hydrogen) atoms. The highest BCUT2D eigenvalue weighted by atomic mass is 16.7. The van der Waals surface area contributed by atoms with Crippen LogP contribution in [0.15, 0.2) is 48.6 Å². The van der Waals surface area contributed by atoms with E-state index in [4.69, 9.17) is 37.9 Å². The van der Waals surface area contributed by atoms with Gasteiger partial charge in [0.25, 0.3) is 0 Å². The molecule has 0 amide bonds. The average Bonchev–Trinajstić information content (AvgIpc) is 3.32. The molecular formula is C65H102O18. The third-order valence-corrected chi connectivity index (χ3v) is 13.4. The number of rotatable bonds is 51. The number of carbonyl (C=O) groups is 10. The van der Waals surface area contributed by atoms with Gasteiger partial charge in [-0.2, -0.15) is 0 Å². The second-order valence-electron chi connectivity index (χ2n) is 21.5. The molecule has 1 aliphatic heterocycles. The maximum absolute atomic E-state index is 13.5. The highest BCUT2D eigenvalue weighted by molar-refractivity contribution is 5.83. The predicted octanol–water partition coefficient (Wildman–Crippen LogP) is 12.6. The summed E-state index contributed by atoms with van der Waals surface area (Å²) in [5, 5.41) is 0. The lowest BCUT2D eigenvalue weighted by Crippen LogP contribution is -2.63. The van der Waals surface area contributed by atoms with Crippen LogP contribution in [0, 0.1) is 0 Å². The molecule has 0 spiro atoms. The number of hydrogen-bond acceptors (Lipinski definition) is 18. The minimum absolute atomic E-state index is 0.0449. The molecule has 0 aromatic rings. The van der Waals surface area contributed by atoms with Crippen LogP contribution in [0.3, 0.4) is 0 Å². The summed E-state index contributed by atoms with van der Waals surface area (Å²) in [5.74, 6) is -6.25. The number of allylic oxidation sites excluding steroid dienone is 8. The van der Waals surface area contributed by atoms with E-state index in [1.165, 1.54) is 66.2 Å². The van der Waals surface area contributed by atoms with Crippen LogP contribution < -0.4 is 0 Å². The van der Waals surface area contributed by atoms with E-state index in [0.717, 1.165) is 89.9 Å². The van der Waals surface area contributed by atoms with Gasteiger partial charge in [0.1, 0.15) is 42.5 Å². The lowest BCUT2D eigenvalue weighted by Gasteiger charge is -2.44. The third kappa shape index (κ3) is 42.8. The van der Waals surface area contributed by atoms with Crippen molar-refractivity contribution in [2.45, 2.75) is 284 Å². The molecule has 1 unspecified atom stereocenters. The van der Waals surface area contributed by atoms with Gasteiger partial charge in [0.15, 0.2) is 30.7 Å². The summed E-state index contributed by atoms with van der Waals surface area (Å²) in [5.41, 5.74) is 0. The first-order valence-corrected chi connectivity index (χ1v) is 30.9. The minimum Gasteiger partial charge on any atom is -0.463 e. The van der Waals surface area contributed by atoms with Gasteiger partial charge in [0, 0.05) is 38.5 Å². The highest BCUT2D eigenvalue weighted by Gasteiger charge is 2.53. The van der Waals surface area contributed by atoms with Crippen molar-refractivity contribution in [2.75, 3.05) is 19.8 Å². The molecule has 1 fully saturated rings. The summed E-state index contributed by atoms with van der Waals surface area (Å²) in [6.45, 7) is 7.78. The summed E-state index contributed by atoms with van der Waals surface area (Å²) in [4.78, 5) is 127. The van der Waals surface area contributed by atoms with Crippen molar-refractivity contribution >= 4 is 58.9 Å². The first-order chi connectivity index (χ1) is 39.9. The van der Waals surface area contributed by atoms with E-state index < -0.39 is 112 Å². The van der Waals surface area contributed by atoms with Crippen LogP contribution in [0.25, 0.3) is 0 Å². The van der Waals surface area contributed by atoms with E-state index in [1.807, 2.05) is 0 Å². The molecule has 0 saturated carbocycles. The summed E-state index contributed by atoms with van der Waals surface area (Å²) < 4.78 is 46.9. The van der Waals surface area contributed by atoms with E-state index in [-0.39, 0.29) is 68.1 Å². The molecular weight excluding hydrogens is 1070 g/mol. The van der Waals surface area contributed by atoms with Gasteiger partial charge >= 0.3 is 35.8 Å². The number of Topliss-reactive ketones (excluding diaryl/α,β-unsaturated/α-hetero) is 4. The molecule has 0 aromatic heterocycles. The molecule has 1 saturated heterocycles. The molecule has 0 radical (unpaired) electrons. The molecule has 6 atom stereocenters. The van der Waals surface area contributed by atoms with Crippen molar-refractivity contribution in [3.05, 3.63) is 48.6 Å².